The van der Waals surface area contributed by atoms with Gasteiger partial charge in [-0.1, -0.05) is 18.2 Å². The molecule has 21 heavy (non-hydrogen) atoms. The lowest BCUT2D eigenvalue weighted by molar-refractivity contribution is 0.273. The van der Waals surface area contributed by atoms with Crippen LogP contribution in [0, 0.1) is 25.5 Å². The molecule has 0 saturated carbocycles. The highest BCUT2D eigenvalue weighted by Gasteiger charge is 2.12. The van der Waals surface area contributed by atoms with Crippen LogP contribution in [0.5, 0.6) is 5.75 Å². The van der Waals surface area contributed by atoms with E-state index in [1.807, 2.05) is 32.0 Å². The van der Waals surface area contributed by atoms with Crippen LogP contribution in [0.4, 0.5) is 8.78 Å². The summed E-state index contributed by atoms with van der Waals surface area (Å²) in [6, 6.07) is 8.40. The molecule has 0 unspecified atom stereocenters. The summed E-state index contributed by atoms with van der Waals surface area (Å²) >= 11 is 0. The number of rotatable bonds is 5. The Balaban J connectivity index is 2.14. The van der Waals surface area contributed by atoms with Crippen LogP contribution in [0.1, 0.15) is 22.3 Å². The number of hydrogen-bond donors (Lipinski definition) is 1. The Morgan fingerprint density at radius 1 is 0.952 bits per heavy atom. The van der Waals surface area contributed by atoms with E-state index in [1.165, 1.54) is 17.7 Å². The van der Waals surface area contributed by atoms with E-state index in [1.54, 1.807) is 7.05 Å². The van der Waals surface area contributed by atoms with Gasteiger partial charge in [0.05, 0.1) is 0 Å². The standard InChI is InChI=1S/C17H19F2NO/c1-11-4-5-13(6-12(11)2)10-21-17-15(18)7-14(9-20-3)8-16(17)19/h4-8,20H,9-10H2,1-3H3. The smallest absolute Gasteiger partial charge is 0.191 e. The van der Waals surface area contributed by atoms with E-state index in [2.05, 4.69) is 5.32 Å². The van der Waals surface area contributed by atoms with Crippen LogP contribution < -0.4 is 10.1 Å². The highest BCUT2D eigenvalue weighted by Crippen LogP contribution is 2.24. The molecule has 112 valence electrons. The molecule has 0 aliphatic heterocycles. The van der Waals surface area contributed by atoms with Crippen molar-refractivity contribution in [3.63, 3.8) is 0 Å². The first-order chi connectivity index (χ1) is 10.0. The van der Waals surface area contributed by atoms with Gasteiger partial charge >= 0.3 is 0 Å². The van der Waals surface area contributed by atoms with Crippen LogP contribution in [0.25, 0.3) is 0 Å². The molecule has 4 heteroatoms. The fraction of sp³-hybridized carbons (Fsp3) is 0.294. The first kappa shape index (κ1) is 15.4. The molecular formula is C17H19F2NO. The molecule has 1 N–H and O–H groups in total. The van der Waals surface area contributed by atoms with Gasteiger partial charge in [-0.25, -0.2) is 8.78 Å². The van der Waals surface area contributed by atoms with Crippen molar-refractivity contribution in [2.45, 2.75) is 27.0 Å². The van der Waals surface area contributed by atoms with E-state index in [9.17, 15) is 8.78 Å². The molecule has 0 aliphatic carbocycles. The molecule has 0 amide bonds. The zero-order valence-corrected chi connectivity index (χ0v) is 12.5. The molecular weight excluding hydrogens is 272 g/mol. The first-order valence-corrected chi connectivity index (χ1v) is 6.82. The Morgan fingerprint density at radius 2 is 1.62 bits per heavy atom. The van der Waals surface area contributed by atoms with Crippen LogP contribution in [-0.2, 0) is 13.2 Å². The second-order valence-corrected chi connectivity index (χ2v) is 5.13. The first-order valence-electron chi connectivity index (χ1n) is 6.82. The maximum atomic E-state index is 13.9. The molecule has 2 rings (SSSR count). The summed E-state index contributed by atoms with van der Waals surface area (Å²) in [7, 11) is 1.72. The van der Waals surface area contributed by atoms with Crippen molar-refractivity contribution >= 4 is 0 Å². The van der Waals surface area contributed by atoms with Crippen LogP contribution in [0.3, 0.4) is 0 Å². The summed E-state index contributed by atoms with van der Waals surface area (Å²) in [5.41, 5.74) is 3.73. The molecule has 2 aromatic carbocycles. The third kappa shape index (κ3) is 3.79. The second-order valence-electron chi connectivity index (χ2n) is 5.13. The normalized spacial score (nSPS) is 10.7. The van der Waals surface area contributed by atoms with Crippen molar-refractivity contribution in [2.75, 3.05) is 7.05 Å². The maximum absolute atomic E-state index is 13.9. The van der Waals surface area contributed by atoms with Crippen LogP contribution >= 0.6 is 0 Å². The summed E-state index contributed by atoms with van der Waals surface area (Å²) in [5, 5.41) is 2.85. The highest BCUT2D eigenvalue weighted by molar-refractivity contribution is 5.33. The number of aryl methyl sites for hydroxylation is 2. The van der Waals surface area contributed by atoms with Gasteiger partial charge in [-0.15, -0.1) is 0 Å². The fourth-order valence-corrected chi connectivity index (χ4v) is 2.11. The van der Waals surface area contributed by atoms with E-state index in [0.29, 0.717) is 12.1 Å². The Kier molecular flexibility index (Phi) is 4.91. The van der Waals surface area contributed by atoms with Crippen molar-refractivity contribution in [1.82, 2.24) is 5.32 Å². The molecule has 0 aromatic heterocycles. The van der Waals surface area contributed by atoms with Gasteiger partial charge in [0.15, 0.2) is 17.4 Å². The van der Waals surface area contributed by atoms with E-state index < -0.39 is 11.6 Å². The average Bonchev–Trinajstić information content (AvgIpc) is 2.42. The Bertz CT molecular complexity index is 618. The number of nitrogens with one attached hydrogen (secondary N) is 1. The molecule has 0 spiro atoms. The Labute approximate surface area is 123 Å². The third-order valence-corrected chi connectivity index (χ3v) is 3.39. The number of halogens is 2. The van der Waals surface area contributed by atoms with Crippen molar-refractivity contribution in [3.05, 3.63) is 64.2 Å². The molecule has 0 aliphatic rings. The minimum atomic E-state index is -0.677. The largest absolute Gasteiger partial charge is 0.483 e. The van der Waals surface area contributed by atoms with Gasteiger partial charge in [-0.3, -0.25) is 0 Å². The van der Waals surface area contributed by atoms with E-state index in [-0.39, 0.29) is 12.4 Å². The summed E-state index contributed by atoms with van der Waals surface area (Å²) in [6.07, 6.45) is 0. The third-order valence-electron chi connectivity index (χ3n) is 3.39. The predicted octanol–water partition coefficient (Wildman–Crippen LogP) is 3.88. The van der Waals surface area contributed by atoms with E-state index >= 15 is 0 Å². The molecule has 0 saturated heterocycles. The van der Waals surface area contributed by atoms with Gasteiger partial charge in [0.25, 0.3) is 0 Å². The lowest BCUT2D eigenvalue weighted by Crippen LogP contribution is -2.07. The van der Waals surface area contributed by atoms with Gasteiger partial charge in [0, 0.05) is 6.54 Å². The lowest BCUT2D eigenvalue weighted by atomic mass is 10.1. The van der Waals surface area contributed by atoms with Gasteiger partial charge in [0.1, 0.15) is 6.61 Å². The number of benzene rings is 2. The molecule has 2 nitrogen and oxygen atoms in total. The maximum Gasteiger partial charge on any atom is 0.191 e. The Hall–Kier alpha value is -1.94. The number of ether oxygens (including phenoxy) is 1. The molecule has 0 bridgehead atoms. The monoisotopic (exact) mass is 291 g/mol. The van der Waals surface area contributed by atoms with Crippen LogP contribution in [0.2, 0.25) is 0 Å². The quantitative estimate of drug-likeness (QED) is 0.902. The summed E-state index contributed by atoms with van der Waals surface area (Å²) in [5.74, 6) is -1.68. The van der Waals surface area contributed by atoms with Crippen molar-refractivity contribution in [1.29, 1.82) is 0 Å². The topological polar surface area (TPSA) is 21.3 Å². The van der Waals surface area contributed by atoms with Crippen molar-refractivity contribution in [3.8, 4) is 5.75 Å². The van der Waals surface area contributed by atoms with Gasteiger partial charge in [0.2, 0.25) is 0 Å². The second kappa shape index (κ2) is 6.68. The predicted molar refractivity (Wildman–Crippen MR) is 79.4 cm³/mol. The minimum absolute atomic E-state index is 0.139. The zero-order chi connectivity index (χ0) is 15.4. The van der Waals surface area contributed by atoms with Crippen LogP contribution in [0.15, 0.2) is 30.3 Å². The van der Waals surface area contributed by atoms with Gasteiger partial charge in [-0.2, -0.15) is 0 Å². The van der Waals surface area contributed by atoms with Crippen LogP contribution in [-0.4, -0.2) is 7.05 Å². The Morgan fingerprint density at radius 3 is 2.19 bits per heavy atom. The molecule has 0 radical (unpaired) electrons. The SMILES string of the molecule is CNCc1cc(F)c(OCc2ccc(C)c(C)c2)c(F)c1. The molecule has 0 atom stereocenters. The fourth-order valence-electron chi connectivity index (χ4n) is 2.11. The van der Waals surface area contributed by atoms with Gasteiger partial charge in [-0.05, 0) is 55.3 Å². The number of hydrogen-bond acceptors (Lipinski definition) is 2. The highest BCUT2D eigenvalue weighted by atomic mass is 19.1. The molecule has 0 fully saturated rings. The van der Waals surface area contributed by atoms with E-state index in [4.69, 9.17) is 4.74 Å². The summed E-state index contributed by atoms with van der Waals surface area (Å²) in [6.45, 7) is 4.55. The minimum Gasteiger partial charge on any atom is -0.483 e. The summed E-state index contributed by atoms with van der Waals surface area (Å²) in [4.78, 5) is 0. The average molecular weight is 291 g/mol. The van der Waals surface area contributed by atoms with Crippen molar-refractivity contribution in [2.24, 2.45) is 0 Å². The molecule has 2 aromatic rings. The summed E-state index contributed by atoms with van der Waals surface area (Å²) < 4.78 is 33.1. The van der Waals surface area contributed by atoms with Gasteiger partial charge < -0.3 is 10.1 Å². The lowest BCUT2D eigenvalue weighted by Gasteiger charge is -2.11. The zero-order valence-electron chi connectivity index (χ0n) is 12.5. The van der Waals surface area contributed by atoms with Crippen molar-refractivity contribution < 1.29 is 13.5 Å². The van der Waals surface area contributed by atoms with E-state index in [0.717, 1.165) is 11.1 Å². The molecule has 0 heterocycles.